The number of rotatable bonds is 10. The van der Waals surface area contributed by atoms with Crippen LogP contribution in [0.25, 0.3) is 11.0 Å². The standard InChI is InChI=1S/C29H44N4O3.CO2/c1-18-12-13-23-25(14-18)33-27(35-22-15-19(2)30-17-22)24(32-23)11-9-7-8-10-21-16-26(21)36-28(34)31-20(3)29(4,5)6;2-1-3/h12-14,19-22,26,30H,7-11,15-17H2,1-6H3,(H,31,34);/t19-,20-,21-,22?,26-;/m1./s1. The number of fused-ring (bicyclic) bond motifs is 1. The Bertz CT molecular complexity index is 1140. The van der Waals surface area contributed by atoms with Crippen molar-refractivity contribution < 1.29 is 23.9 Å². The zero-order valence-corrected chi connectivity index (χ0v) is 24.2. The van der Waals surface area contributed by atoms with Crippen molar-refractivity contribution in [3.8, 4) is 5.88 Å². The molecule has 9 heteroatoms. The number of aromatic nitrogens is 2. The molecule has 2 N–H and O–H groups in total. The van der Waals surface area contributed by atoms with Gasteiger partial charge < -0.3 is 20.1 Å². The molecule has 39 heavy (non-hydrogen) atoms. The molecule has 0 bridgehead atoms. The fraction of sp³-hybridized carbons (Fsp3) is 0.667. The van der Waals surface area contributed by atoms with Crippen molar-refractivity contribution in [3.63, 3.8) is 0 Å². The number of carbonyl (C=O) groups excluding carboxylic acids is 3. The van der Waals surface area contributed by atoms with E-state index in [-0.39, 0.29) is 35.9 Å². The van der Waals surface area contributed by atoms with Crippen LogP contribution in [0.5, 0.6) is 5.88 Å². The molecule has 4 rings (SSSR count). The summed E-state index contributed by atoms with van der Waals surface area (Å²) in [5.74, 6) is 1.19. The Hall–Kier alpha value is -3.03. The van der Waals surface area contributed by atoms with Crippen molar-refractivity contribution >= 4 is 23.3 Å². The van der Waals surface area contributed by atoms with E-state index in [9.17, 15) is 4.79 Å². The maximum absolute atomic E-state index is 12.2. The molecule has 1 unspecified atom stereocenters. The summed E-state index contributed by atoms with van der Waals surface area (Å²) in [7, 11) is 0. The Morgan fingerprint density at radius 1 is 1.15 bits per heavy atom. The van der Waals surface area contributed by atoms with Crippen molar-refractivity contribution in [2.24, 2.45) is 11.3 Å². The molecular weight excluding hydrogens is 496 g/mol. The minimum absolute atomic E-state index is 0.0215. The second kappa shape index (κ2) is 13.9. The average Bonchev–Trinajstić information content (AvgIpc) is 3.45. The van der Waals surface area contributed by atoms with Gasteiger partial charge in [0.25, 0.3) is 0 Å². The van der Waals surface area contributed by atoms with E-state index in [0.29, 0.717) is 17.8 Å². The van der Waals surface area contributed by atoms with Crippen LogP contribution in [0.4, 0.5) is 4.79 Å². The molecule has 0 spiro atoms. The van der Waals surface area contributed by atoms with E-state index in [4.69, 9.17) is 29.0 Å². The van der Waals surface area contributed by atoms with Crippen molar-refractivity contribution in [1.29, 1.82) is 0 Å². The Morgan fingerprint density at radius 2 is 1.90 bits per heavy atom. The van der Waals surface area contributed by atoms with Gasteiger partial charge in [0, 0.05) is 25.0 Å². The minimum Gasteiger partial charge on any atom is -0.472 e. The highest BCUT2D eigenvalue weighted by molar-refractivity contribution is 5.75. The van der Waals surface area contributed by atoms with Crippen molar-refractivity contribution in [1.82, 2.24) is 20.6 Å². The Morgan fingerprint density at radius 3 is 2.56 bits per heavy atom. The summed E-state index contributed by atoms with van der Waals surface area (Å²) in [6.45, 7) is 13.5. The van der Waals surface area contributed by atoms with Crippen LogP contribution < -0.4 is 15.4 Å². The number of hydrogen-bond donors (Lipinski definition) is 2. The fourth-order valence-electron chi connectivity index (χ4n) is 4.69. The van der Waals surface area contributed by atoms with Crippen molar-refractivity contribution in [2.45, 2.75) is 111 Å². The molecular formula is C30H44N4O5. The van der Waals surface area contributed by atoms with Gasteiger partial charge in [-0.2, -0.15) is 9.59 Å². The molecule has 9 nitrogen and oxygen atoms in total. The monoisotopic (exact) mass is 540 g/mol. The van der Waals surface area contributed by atoms with Gasteiger partial charge in [-0.15, -0.1) is 0 Å². The molecule has 0 radical (unpaired) electrons. The lowest BCUT2D eigenvalue weighted by Gasteiger charge is -2.27. The van der Waals surface area contributed by atoms with Gasteiger partial charge in [0.2, 0.25) is 5.88 Å². The number of aryl methyl sites for hydroxylation is 2. The first-order valence-corrected chi connectivity index (χ1v) is 14.1. The van der Waals surface area contributed by atoms with Gasteiger partial charge in [0.1, 0.15) is 17.9 Å². The maximum atomic E-state index is 12.2. The lowest BCUT2D eigenvalue weighted by Crippen LogP contribution is -2.42. The van der Waals surface area contributed by atoms with Gasteiger partial charge >= 0.3 is 12.2 Å². The predicted molar refractivity (Wildman–Crippen MR) is 148 cm³/mol. The van der Waals surface area contributed by atoms with E-state index < -0.39 is 0 Å². The van der Waals surface area contributed by atoms with E-state index in [1.54, 1.807) is 0 Å². The largest absolute Gasteiger partial charge is 0.472 e. The first-order valence-electron chi connectivity index (χ1n) is 14.1. The smallest absolute Gasteiger partial charge is 0.407 e. The second-order valence-electron chi connectivity index (χ2n) is 12.1. The normalized spacial score (nSPS) is 22.8. The highest BCUT2D eigenvalue weighted by atomic mass is 16.6. The van der Waals surface area contributed by atoms with Crippen LogP contribution in [0.15, 0.2) is 18.2 Å². The molecule has 1 aromatic carbocycles. The summed E-state index contributed by atoms with van der Waals surface area (Å²) >= 11 is 0. The number of benzene rings is 1. The first kappa shape index (κ1) is 30.5. The maximum Gasteiger partial charge on any atom is 0.407 e. The summed E-state index contributed by atoms with van der Waals surface area (Å²) in [6, 6.07) is 6.76. The Labute approximate surface area is 231 Å². The number of amides is 1. The molecule has 1 saturated heterocycles. The summed E-state index contributed by atoms with van der Waals surface area (Å²) in [5.41, 5.74) is 3.98. The van der Waals surface area contributed by atoms with E-state index >= 15 is 0 Å². The lowest BCUT2D eigenvalue weighted by atomic mass is 9.88. The SMILES string of the molecule is Cc1ccc2nc(CCCCC[C@@H]3C[C@H]3OC(=O)N[C@H](C)C(C)(C)C)c(OC3CN[C@H](C)C3)nc2c1.O=C=O. The topological polar surface area (TPSA) is 120 Å². The van der Waals surface area contributed by atoms with Crippen LogP contribution >= 0.6 is 0 Å². The Balaban J connectivity index is 0.00000134. The van der Waals surface area contributed by atoms with Crippen molar-refractivity contribution in [3.05, 3.63) is 29.5 Å². The van der Waals surface area contributed by atoms with Gasteiger partial charge in [0.15, 0.2) is 0 Å². The zero-order chi connectivity index (χ0) is 28.6. The van der Waals surface area contributed by atoms with Crippen LogP contribution in [-0.2, 0) is 20.7 Å². The molecule has 1 aliphatic heterocycles. The third kappa shape index (κ3) is 9.59. The van der Waals surface area contributed by atoms with Crippen LogP contribution in [-0.4, -0.2) is 53.0 Å². The average molecular weight is 541 g/mol. The summed E-state index contributed by atoms with van der Waals surface area (Å²) in [5, 5.41) is 6.42. The third-order valence-electron chi connectivity index (χ3n) is 7.68. The van der Waals surface area contributed by atoms with Gasteiger partial charge in [-0.3, -0.25) is 0 Å². The van der Waals surface area contributed by atoms with Crippen molar-refractivity contribution in [2.75, 3.05) is 6.54 Å². The first-order chi connectivity index (χ1) is 18.5. The van der Waals surface area contributed by atoms with Gasteiger partial charge in [-0.05, 0) is 75.5 Å². The number of ether oxygens (including phenoxy) is 2. The molecule has 2 aliphatic rings. The van der Waals surface area contributed by atoms with Crippen LogP contribution in [0, 0.1) is 18.3 Å². The molecule has 2 heterocycles. The molecule has 1 aromatic heterocycles. The van der Waals surface area contributed by atoms with Gasteiger partial charge in [-0.1, -0.05) is 39.7 Å². The predicted octanol–water partition coefficient (Wildman–Crippen LogP) is 5.14. The number of carbonyl (C=O) groups is 1. The number of nitrogens with one attached hydrogen (secondary N) is 2. The van der Waals surface area contributed by atoms with Crippen LogP contribution in [0.1, 0.15) is 84.4 Å². The molecule has 1 saturated carbocycles. The quantitative estimate of drug-likeness (QED) is 0.398. The third-order valence-corrected chi connectivity index (χ3v) is 7.68. The highest BCUT2D eigenvalue weighted by Gasteiger charge is 2.40. The van der Waals surface area contributed by atoms with Crippen LogP contribution in [0.3, 0.4) is 0 Å². The summed E-state index contributed by atoms with van der Waals surface area (Å²) < 4.78 is 12.0. The van der Waals surface area contributed by atoms with Crippen LogP contribution in [0.2, 0.25) is 0 Å². The molecule has 2 fully saturated rings. The molecule has 2 aromatic rings. The second-order valence-corrected chi connectivity index (χ2v) is 12.1. The lowest BCUT2D eigenvalue weighted by molar-refractivity contribution is -0.191. The fourth-order valence-corrected chi connectivity index (χ4v) is 4.69. The summed E-state index contributed by atoms with van der Waals surface area (Å²) in [6.07, 6.45) is 7.42. The van der Waals surface area contributed by atoms with E-state index in [1.807, 2.05) is 6.92 Å². The molecule has 5 atom stereocenters. The summed E-state index contributed by atoms with van der Waals surface area (Å²) in [4.78, 5) is 38.2. The van der Waals surface area contributed by atoms with E-state index in [0.717, 1.165) is 68.2 Å². The number of alkyl carbamates (subject to hydrolysis) is 1. The van der Waals surface area contributed by atoms with E-state index in [1.165, 1.54) is 5.56 Å². The minimum atomic E-state index is -0.283. The Kier molecular flexibility index (Phi) is 10.8. The molecule has 1 amide bonds. The number of hydrogen-bond acceptors (Lipinski definition) is 8. The zero-order valence-electron chi connectivity index (χ0n) is 24.2. The molecule has 1 aliphatic carbocycles. The van der Waals surface area contributed by atoms with Gasteiger partial charge in [-0.25, -0.2) is 14.8 Å². The van der Waals surface area contributed by atoms with Gasteiger partial charge in [0.05, 0.1) is 11.0 Å². The van der Waals surface area contributed by atoms with E-state index in [2.05, 4.69) is 63.5 Å². The highest BCUT2D eigenvalue weighted by Crippen LogP contribution is 2.38. The number of nitrogens with zero attached hydrogens (tertiary/aromatic N) is 2. The number of unbranched alkanes of at least 4 members (excludes halogenated alkanes) is 2. The molecule has 214 valence electrons.